The van der Waals surface area contributed by atoms with Crippen LogP contribution in [0.5, 0.6) is 0 Å². The Kier molecular flexibility index (Phi) is 4.24. The molecule has 3 aromatic carbocycles. The highest BCUT2D eigenvalue weighted by atomic mass is 79.9. The maximum absolute atomic E-state index is 13.0. The maximum atomic E-state index is 13.0. The van der Waals surface area contributed by atoms with Crippen molar-refractivity contribution in [2.75, 3.05) is 16.8 Å². The SMILES string of the molecule is CC(=O)N1CCc2cc(Br)cc(NC(=O)c3cccc4ccccc34)c21. The quantitative estimate of drug-likeness (QED) is 0.663. The van der Waals surface area contributed by atoms with Crippen LogP contribution in [0, 0.1) is 0 Å². The number of halogens is 1. The van der Waals surface area contributed by atoms with Crippen LogP contribution in [0.4, 0.5) is 11.4 Å². The smallest absolute Gasteiger partial charge is 0.256 e. The number of nitrogens with one attached hydrogen (secondary N) is 1. The van der Waals surface area contributed by atoms with E-state index in [9.17, 15) is 9.59 Å². The van der Waals surface area contributed by atoms with E-state index in [4.69, 9.17) is 0 Å². The summed E-state index contributed by atoms with van der Waals surface area (Å²) in [5, 5.41) is 4.94. The summed E-state index contributed by atoms with van der Waals surface area (Å²) < 4.78 is 0.884. The van der Waals surface area contributed by atoms with Crippen molar-refractivity contribution in [2.45, 2.75) is 13.3 Å². The third-order valence-corrected chi connectivity index (χ3v) is 5.15. The van der Waals surface area contributed by atoms with Crippen molar-refractivity contribution >= 4 is 49.9 Å². The molecule has 1 aliphatic rings. The van der Waals surface area contributed by atoms with Gasteiger partial charge in [0.15, 0.2) is 0 Å². The highest BCUT2D eigenvalue weighted by Gasteiger charge is 2.27. The van der Waals surface area contributed by atoms with Crippen LogP contribution in [0.25, 0.3) is 10.8 Å². The molecule has 5 heteroatoms. The fourth-order valence-corrected chi connectivity index (χ4v) is 4.04. The topological polar surface area (TPSA) is 49.4 Å². The number of fused-ring (bicyclic) bond motifs is 2. The molecule has 3 aromatic rings. The second-order valence-corrected chi connectivity index (χ2v) is 7.28. The van der Waals surface area contributed by atoms with Crippen LogP contribution >= 0.6 is 15.9 Å². The lowest BCUT2D eigenvalue weighted by molar-refractivity contribution is -0.116. The molecule has 0 fully saturated rings. The summed E-state index contributed by atoms with van der Waals surface area (Å²) in [6.45, 7) is 2.19. The van der Waals surface area contributed by atoms with Crippen LogP contribution in [0.2, 0.25) is 0 Å². The number of carbonyl (C=O) groups excluding carboxylic acids is 2. The minimum absolute atomic E-state index is 0.0215. The summed E-state index contributed by atoms with van der Waals surface area (Å²) in [6.07, 6.45) is 0.783. The maximum Gasteiger partial charge on any atom is 0.256 e. The molecule has 0 atom stereocenters. The summed E-state index contributed by atoms with van der Waals surface area (Å²) in [5.74, 6) is -0.204. The number of carbonyl (C=O) groups is 2. The van der Waals surface area contributed by atoms with Crippen LogP contribution in [0.15, 0.2) is 59.1 Å². The standard InChI is InChI=1S/C21H17BrN2O2/c1-13(25)24-10-9-15-11-16(22)12-19(20(15)24)23-21(26)18-8-4-6-14-5-2-3-7-17(14)18/h2-8,11-12H,9-10H2,1H3,(H,23,26). The molecule has 130 valence electrons. The Balaban J connectivity index is 1.76. The van der Waals surface area contributed by atoms with Gasteiger partial charge in [-0.15, -0.1) is 0 Å². The summed E-state index contributed by atoms with van der Waals surface area (Å²) in [4.78, 5) is 26.7. The monoisotopic (exact) mass is 408 g/mol. The molecule has 0 radical (unpaired) electrons. The molecule has 1 N–H and O–H groups in total. The molecule has 4 nitrogen and oxygen atoms in total. The van der Waals surface area contributed by atoms with E-state index in [-0.39, 0.29) is 11.8 Å². The number of hydrogen-bond acceptors (Lipinski definition) is 2. The van der Waals surface area contributed by atoms with Crippen molar-refractivity contribution in [3.63, 3.8) is 0 Å². The van der Waals surface area contributed by atoms with Gasteiger partial charge in [-0.05, 0) is 41.0 Å². The summed E-state index contributed by atoms with van der Waals surface area (Å²) >= 11 is 3.50. The van der Waals surface area contributed by atoms with E-state index in [0.29, 0.717) is 17.8 Å². The Hall–Kier alpha value is -2.66. The van der Waals surface area contributed by atoms with Crippen LogP contribution in [0.3, 0.4) is 0 Å². The normalized spacial score (nSPS) is 12.9. The third kappa shape index (κ3) is 2.88. The molecule has 1 aliphatic heterocycles. The summed E-state index contributed by atoms with van der Waals surface area (Å²) in [5.41, 5.74) is 3.13. The molecule has 0 unspecified atom stereocenters. The number of nitrogens with zero attached hydrogens (tertiary/aromatic N) is 1. The largest absolute Gasteiger partial charge is 0.320 e. The zero-order chi connectivity index (χ0) is 18.3. The molecule has 26 heavy (non-hydrogen) atoms. The Morgan fingerprint density at radius 1 is 1.08 bits per heavy atom. The first kappa shape index (κ1) is 16.8. The molecule has 2 amide bonds. The molecule has 4 rings (SSSR count). The third-order valence-electron chi connectivity index (χ3n) is 4.69. The van der Waals surface area contributed by atoms with E-state index >= 15 is 0 Å². The molecule has 0 bridgehead atoms. The molecule has 0 saturated heterocycles. The van der Waals surface area contributed by atoms with Gasteiger partial charge in [-0.25, -0.2) is 0 Å². The minimum atomic E-state index is -0.183. The Morgan fingerprint density at radius 3 is 2.65 bits per heavy atom. The second kappa shape index (κ2) is 6.57. The van der Waals surface area contributed by atoms with Crippen molar-refractivity contribution < 1.29 is 9.59 Å². The molecular formula is C21H17BrN2O2. The molecular weight excluding hydrogens is 392 g/mol. The van der Waals surface area contributed by atoms with Crippen molar-refractivity contribution in [3.05, 3.63) is 70.2 Å². The van der Waals surface area contributed by atoms with Crippen molar-refractivity contribution in [3.8, 4) is 0 Å². The van der Waals surface area contributed by atoms with Gasteiger partial charge < -0.3 is 10.2 Å². The van der Waals surface area contributed by atoms with Gasteiger partial charge in [-0.3, -0.25) is 9.59 Å². The Morgan fingerprint density at radius 2 is 1.85 bits per heavy atom. The van der Waals surface area contributed by atoms with Gasteiger partial charge in [0.2, 0.25) is 5.91 Å². The summed E-state index contributed by atoms with van der Waals surface area (Å²) in [7, 11) is 0. The number of rotatable bonds is 2. The van der Waals surface area contributed by atoms with Gasteiger partial charge in [0.1, 0.15) is 0 Å². The average Bonchev–Trinajstić information content (AvgIpc) is 3.05. The van der Waals surface area contributed by atoms with E-state index in [2.05, 4.69) is 21.2 Å². The first-order valence-electron chi connectivity index (χ1n) is 8.44. The lowest BCUT2D eigenvalue weighted by Crippen LogP contribution is -2.27. The number of benzene rings is 3. The zero-order valence-corrected chi connectivity index (χ0v) is 15.8. The number of hydrogen-bond donors (Lipinski definition) is 1. The molecule has 0 saturated carbocycles. The fraction of sp³-hybridized carbons (Fsp3) is 0.143. The van der Waals surface area contributed by atoms with Gasteiger partial charge in [-0.2, -0.15) is 0 Å². The molecule has 0 aliphatic carbocycles. The fourth-order valence-electron chi connectivity index (χ4n) is 3.53. The Bertz CT molecular complexity index is 1040. The lowest BCUT2D eigenvalue weighted by atomic mass is 10.0. The number of anilines is 2. The van der Waals surface area contributed by atoms with Crippen LogP contribution in [-0.2, 0) is 11.2 Å². The van der Waals surface area contributed by atoms with E-state index in [1.54, 1.807) is 11.8 Å². The summed E-state index contributed by atoms with van der Waals surface area (Å²) in [6, 6.07) is 17.3. The first-order valence-corrected chi connectivity index (χ1v) is 9.23. The van der Waals surface area contributed by atoms with E-state index in [1.807, 2.05) is 54.6 Å². The predicted molar refractivity (Wildman–Crippen MR) is 108 cm³/mol. The highest BCUT2D eigenvalue weighted by Crippen LogP contribution is 2.38. The average molecular weight is 409 g/mol. The van der Waals surface area contributed by atoms with Gasteiger partial charge in [0.05, 0.1) is 11.4 Å². The van der Waals surface area contributed by atoms with Crippen LogP contribution in [0.1, 0.15) is 22.8 Å². The van der Waals surface area contributed by atoms with Crippen molar-refractivity contribution in [1.29, 1.82) is 0 Å². The highest BCUT2D eigenvalue weighted by molar-refractivity contribution is 9.10. The Labute approximate surface area is 159 Å². The van der Waals surface area contributed by atoms with Crippen molar-refractivity contribution in [2.24, 2.45) is 0 Å². The zero-order valence-electron chi connectivity index (χ0n) is 14.3. The minimum Gasteiger partial charge on any atom is -0.320 e. The van der Waals surface area contributed by atoms with Crippen LogP contribution in [-0.4, -0.2) is 18.4 Å². The van der Waals surface area contributed by atoms with E-state index in [0.717, 1.165) is 32.9 Å². The van der Waals surface area contributed by atoms with Crippen molar-refractivity contribution in [1.82, 2.24) is 0 Å². The lowest BCUT2D eigenvalue weighted by Gasteiger charge is -2.19. The number of amides is 2. The molecule has 0 aromatic heterocycles. The first-order chi connectivity index (χ1) is 12.5. The van der Waals surface area contributed by atoms with Gasteiger partial charge in [0.25, 0.3) is 5.91 Å². The molecule has 1 heterocycles. The second-order valence-electron chi connectivity index (χ2n) is 6.36. The van der Waals surface area contributed by atoms with Crippen LogP contribution < -0.4 is 10.2 Å². The van der Waals surface area contributed by atoms with Gasteiger partial charge in [0, 0.05) is 23.5 Å². The van der Waals surface area contributed by atoms with E-state index < -0.39 is 0 Å². The molecule has 0 spiro atoms. The predicted octanol–water partition coefficient (Wildman–Crippen LogP) is 4.76. The van der Waals surface area contributed by atoms with E-state index in [1.165, 1.54) is 0 Å². The van der Waals surface area contributed by atoms with Gasteiger partial charge in [-0.1, -0.05) is 52.3 Å². The van der Waals surface area contributed by atoms with Gasteiger partial charge >= 0.3 is 0 Å².